The molecule has 30 heavy (non-hydrogen) atoms. The molecular weight excluding hydrogens is 448 g/mol. The zero-order valence-corrected chi connectivity index (χ0v) is 19.3. The van der Waals surface area contributed by atoms with Crippen LogP contribution in [0.25, 0.3) is 0 Å². The van der Waals surface area contributed by atoms with Gasteiger partial charge in [0, 0.05) is 28.7 Å². The van der Waals surface area contributed by atoms with Crippen LogP contribution in [-0.2, 0) is 10.5 Å². The highest BCUT2D eigenvalue weighted by atomic mass is 79.9. The fraction of sp³-hybridized carbons (Fsp3) is 0.364. The van der Waals surface area contributed by atoms with E-state index in [1.54, 1.807) is 30.3 Å². The maximum atomic E-state index is 13.3. The quantitative estimate of drug-likeness (QED) is 0.481. The Kier molecular flexibility index (Phi) is 6.50. The third kappa shape index (κ3) is 4.21. The van der Waals surface area contributed by atoms with E-state index in [-0.39, 0.29) is 0 Å². The van der Waals surface area contributed by atoms with Gasteiger partial charge in [-0.05, 0) is 55.3 Å². The van der Waals surface area contributed by atoms with Crippen LogP contribution in [-0.4, -0.2) is 44.2 Å². The average molecular weight is 476 g/mol. The molecule has 1 aliphatic heterocycles. The number of rotatable bonds is 6. The Bertz CT molecular complexity index is 979. The Morgan fingerprint density at radius 1 is 1.20 bits per heavy atom. The van der Waals surface area contributed by atoms with E-state index in [2.05, 4.69) is 26.6 Å². The summed E-state index contributed by atoms with van der Waals surface area (Å²) in [6.07, 6.45) is 0.755. The number of aryl methyl sites for hydroxylation is 2. The first-order valence-electron chi connectivity index (χ1n) is 9.92. The number of hydrogen-bond acceptors (Lipinski definition) is 3. The lowest BCUT2D eigenvalue weighted by Gasteiger charge is -2.43. The zero-order chi connectivity index (χ0) is 22.1. The molecule has 1 heterocycles. The smallest absolute Gasteiger partial charge is 0.329 e. The normalized spacial score (nSPS) is 18.2. The molecule has 0 saturated heterocycles. The molecule has 1 atom stereocenters. The predicted molar refractivity (Wildman–Crippen MR) is 121 cm³/mol. The third-order valence-electron chi connectivity index (χ3n) is 5.33. The number of quaternary nitrogens is 1. The van der Waals surface area contributed by atoms with Gasteiger partial charge in [0.05, 0.1) is 26.3 Å². The molecule has 3 amide bonds. The van der Waals surface area contributed by atoms with Gasteiger partial charge in [-0.1, -0.05) is 22.0 Å². The second-order valence-corrected chi connectivity index (χ2v) is 8.88. The van der Waals surface area contributed by atoms with E-state index in [1.165, 1.54) is 4.90 Å². The predicted octanol–water partition coefficient (Wildman–Crippen LogP) is 1.91. The van der Waals surface area contributed by atoms with Crippen molar-refractivity contribution in [3.8, 4) is 0 Å². The lowest BCUT2D eigenvalue weighted by atomic mass is 9.94. The molecule has 2 aromatic rings. The van der Waals surface area contributed by atoms with Crippen LogP contribution in [0.1, 0.15) is 23.1 Å². The first-order valence-corrected chi connectivity index (χ1v) is 10.7. The van der Waals surface area contributed by atoms with E-state index in [1.807, 2.05) is 34.0 Å². The summed E-state index contributed by atoms with van der Waals surface area (Å²) < 4.78 is 0.694. The van der Waals surface area contributed by atoms with Gasteiger partial charge in [-0.2, -0.15) is 0 Å². The van der Waals surface area contributed by atoms with Crippen LogP contribution in [0.15, 0.2) is 40.9 Å². The molecule has 1 unspecified atom stereocenters. The summed E-state index contributed by atoms with van der Waals surface area (Å²) in [6.45, 7) is 5.17. The lowest BCUT2D eigenvalue weighted by Crippen LogP contribution is -3.05. The molecule has 1 aliphatic rings. The largest absolute Gasteiger partial charge is 0.359 e. The van der Waals surface area contributed by atoms with Crippen molar-refractivity contribution in [3.63, 3.8) is 0 Å². The van der Waals surface area contributed by atoms with Crippen molar-refractivity contribution in [2.45, 2.75) is 26.0 Å². The number of fused-ring (bicyclic) bond motifs is 1. The van der Waals surface area contributed by atoms with Crippen molar-refractivity contribution < 1.29 is 19.6 Å². The fourth-order valence-electron chi connectivity index (χ4n) is 3.51. The van der Waals surface area contributed by atoms with Gasteiger partial charge in [0.15, 0.2) is 0 Å². The summed E-state index contributed by atoms with van der Waals surface area (Å²) in [6, 6.07) is 9.91. The minimum absolute atomic E-state index is 0.311. The molecule has 0 saturated carbocycles. The van der Waals surface area contributed by atoms with Crippen molar-refractivity contribution in [2.75, 3.05) is 37.4 Å². The molecule has 0 radical (unpaired) electrons. The minimum atomic E-state index is -2.19. The molecule has 0 spiro atoms. The molecule has 3 rings (SSSR count). The van der Waals surface area contributed by atoms with Gasteiger partial charge >= 0.3 is 6.03 Å². The van der Waals surface area contributed by atoms with Crippen molar-refractivity contribution in [2.24, 2.45) is 0 Å². The molecule has 0 fully saturated rings. The summed E-state index contributed by atoms with van der Waals surface area (Å²) >= 11 is 3.41. The Morgan fingerprint density at radius 2 is 1.93 bits per heavy atom. The van der Waals surface area contributed by atoms with Crippen LogP contribution in [0.5, 0.6) is 0 Å². The molecule has 160 valence electrons. The number of nitrogens with zero attached hydrogens (tertiary/aromatic N) is 1. The summed E-state index contributed by atoms with van der Waals surface area (Å²) in [5.74, 6) is -0.635. The summed E-state index contributed by atoms with van der Waals surface area (Å²) in [4.78, 5) is 28.7. The first-order chi connectivity index (χ1) is 14.1. The number of benzene rings is 2. The van der Waals surface area contributed by atoms with Crippen LogP contribution in [0.4, 0.5) is 16.2 Å². The van der Waals surface area contributed by atoms with E-state index in [9.17, 15) is 14.7 Å². The van der Waals surface area contributed by atoms with Crippen LogP contribution < -0.4 is 20.4 Å². The first kappa shape index (κ1) is 22.3. The van der Waals surface area contributed by atoms with Crippen molar-refractivity contribution in [1.82, 2.24) is 5.32 Å². The molecule has 2 aromatic carbocycles. The highest BCUT2D eigenvalue weighted by Gasteiger charge is 2.52. The molecule has 0 aliphatic carbocycles. The van der Waals surface area contributed by atoms with Crippen LogP contribution in [0, 0.1) is 13.8 Å². The maximum Gasteiger partial charge on any atom is 0.329 e. The van der Waals surface area contributed by atoms with E-state index < -0.39 is 17.7 Å². The van der Waals surface area contributed by atoms with Gasteiger partial charge in [0.1, 0.15) is 0 Å². The SMILES string of the molecule is Cc1ccc(N2C(=O)Nc3ccc(Br)cc3C2(O)C(=O)NCCC[NH+](C)C)cc1C. The second-order valence-electron chi connectivity index (χ2n) is 7.96. The number of aliphatic hydroxyl groups is 1. The Balaban J connectivity index is 2.06. The molecule has 4 N–H and O–H groups in total. The Hall–Kier alpha value is -2.42. The summed E-state index contributed by atoms with van der Waals surface area (Å²) in [5, 5.41) is 17.4. The highest BCUT2D eigenvalue weighted by molar-refractivity contribution is 9.10. The monoisotopic (exact) mass is 475 g/mol. The highest BCUT2D eigenvalue weighted by Crippen LogP contribution is 2.41. The standard InChI is InChI=1S/C22H27BrN4O3/c1-14-6-8-17(12-15(14)2)27-21(29)25-19-9-7-16(23)13-18(19)22(27,30)20(28)24-10-5-11-26(3)4/h6-9,12-13,30H,5,10-11H2,1-4H3,(H,24,28)(H,25,29)/p+1. The number of carbonyl (C=O) groups excluding carboxylic acids is 2. The number of hydrogen-bond donors (Lipinski definition) is 4. The zero-order valence-electron chi connectivity index (χ0n) is 17.7. The number of halogens is 1. The van der Waals surface area contributed by atoms with Crippen LogP contribution in [0.2, 0.25) is 0 Å². The van der Waals surface area contributed by atoms with E-state index in [0.29, 0.717) is 28.0 Å². The average Bonchev–Trinajstić information content (AvgIpc) is 2.68. The number of nitrogens with one attached hydrogen (secondary N) is 3. The fourth-order valence-corrected chi connectivity index (χ4v) is 3.87. The minimum Gasteiger partial charge on any atom is -0.359 e. The molecule has 8 heteroatoms. The van der Waals surface area contributed by atoms with Crippen molar-refractivity contribution >= 4 is 39.2 Å². The number of amides is 3. The van der Waals surface area contributed by atoms with Crippen molar-refractivity contribution in [3.05, 3.63) is 57.6 Å². The molecular formula is C22H28BrN4O3+. The third-order valence-corrected chi connectivity index (χ3v) is 5.82. The number of urea groups is 1. The van der Waals surface area contributed by atoms with Gasteiger partial charge < -0.3 is 20.6 Å². The Labute approximate surface area is 185 Å². The number of anilines is 2. The summed E-state index contributed by atoms with van der Waals surface area (Å²) in [5.41, 5.74) is 0.977. The van der Waals surface area contributed by atoms with Crippen molar-refractivity contribution in [1.29, 1.82) is 0 Å². The molecule has 7 nitrogen and oxygen atoms in total. The topological polar surface area (TPSA) is 86.1 Å². The maximum absolute atomic E-state index is 13.3. The second kappa shape index (κ2) is 8.75. The number of carbonyl (C=O) groups is 2. The van der Waals surface area contributed by atoms with Crippen LogP contribution in [0.3, 0.4) is 0 Å². The van der Waals surface area contributed by atoms with Gasteiger partial charge in [0.2, 0.25) is 0 Å². The molecule has 0 bridgehead atoms. The van der Waals surface area contributed by atoms with E-state index in [4.69, 9.17) is 0 Å². The van der Waals surface area contributed by atoms with E-state index in [0.717, 1.165) is 29.0 Å². The molecule has 0 aromatic heterocycles. The van der Waals surface area contributed by atoms with Crippen LogP contribution >= 0.6 is 15.9 Å². The van der Waals surface area contributed by atoms with E-state index >= 15 is 0 Å². The summed E-state index contributed by atoms with van der Waals surface area (Å²) in [7, 11) is 4.08. The van der Waals surface area contributed by atoms with Gasteiger partial charge in [0.25, 0.3) is 11.6 Å². The van der Waals surface area contributed by atoms with Gasteiger partial charge in [-0.25, -0.2) is 4.79 Å². The lowest BCUT2D eigenvalue weighted by molar-refractivity contribution is -0.858. The van der Waals surface area contributed by atoms with Gasteiger partial charge in [-0.3, -0.25) is 9.69 Å². The Morgan fingerprint density at radius 3 is 2.60 bits per heavy atom. The van der Waals surface area contributed by atoms with Gasteiger partial charge in [-0.15, -0.1) is 0 Å².